The van der Waals surface area contributed by atoms with E-state index < -0.39 is 64.6 Å². The molecule has 0 fully saturated rings. The van der Waals surface area contributed by atoms with Gasteiger partial charge in [0, 0.05) is 0 Å². The van der Waals surface area contributed by atoms with Crippen LogP contribution < -0.4 is 16.8 Å². The maximum absolute atomic E-state index is 14.0. The fraction of sp³-hybridized carbons (Fsp3) is 0.444. The number of carbonyl (C=O) groups is 1. The summed E-state index contributed by atoms with van der Waals surface area (Å²) >= 11 is 0. The van der Waals surface area contributed by atoms with Gasteiger partial charge in [-0.15, -0.1) is 0 Å². The van der Waals surface area contributed by atoms with Crippen LogP contribution in [-0.2, 0) is 11.0 Å². The molecule has 1 amide bonds. The van der Waals surface area contributed by atoms with Gasteiger partial charge in [0.2, 0.25) is 0 Å². The number of carbonyl (C=O) groups excluding carboxylic acids is 1. The van der Waals surface area contributed by atoms with Crippen molar-refractivity contribution in [1.29, 1.82) is 5.41 Å². The number of nitrogens with two attached hydrogens (primary N) is 2. The topological polar surface area (TPSA) is 105 Å². The highest BCUT2D eigenvalue weighted by molar-refractivity contribution is 6.20. The molecule has 0 radical (unpaired) electrons. The van der Waals surface area contributed by atoms with E-state index >= 15 is 0 Å². The molecule has 0 aliphatic rings. The van der Waals surface area contributed by atoms with Gasteiger partial charge in [0.25, 0.3) is 5.91 Å². The number of hydrogen-bond donors (Lipinski definition) is 4. The molecule has 1 rings (SSSR count). The number of rotatable bonds is 6. The summed E-state index contributed by atoms with van der Waals surface area (Å²) in [5.74, 6) is -3.64. The predicted octanol–water partition coefficient (Wildman–Crippen LogP) is 4.15. The molecule has 0 bridgehead atoms. The summed E-state index contributed by atoms with van der Waals surface area (Å²) in [5.41, 5.74) is 6.29. The van der Waals surface area contributed by atoms with E-state index in [-0.39, 0.29) is 5.56 Å². The number of halogens is 7. The van der Waals surface area contributed by atoms with E-state index in [0.29, 0.717) is 12.1 Å². The number of nitrogens with one attached hydrogen (secondary N) is 2. The van der Waals surface area contributed by atoms with Crippen molar-refractivity contribution in [2.45, 2.75) is 45.6 Å². The fourth-order valence-corrected chi connectivity index (χ4v) is 2.70. The first-order chi connectivity index (χ1) is 13.3. The number of alkyl halides is 6. The third kappa shape index (κ3) is 6.63. The average Bonchev–Trinajstić information content (AvgIpc) is 2.47. The molecular formula is C18H21F7N4O. The molecule has 12 heteroatoms. The number of benzene rings is 1. The molecular weight excluding hydrogens is 421 g/mol. The minimum Gasteiger partial charge on any atom is -0.385 e. The van der Waals surface area contributed by atoms with Crippen molar-refractivity contribution in [1.82, 2.24) is 5.32 Å². The molecule has 1 unspecified atom stereocenters. The SMILES string of the molecule is CC(C)(C)C(N/C(N)=C(\C(=N)CC(F)(F)F)C(N)=O)c1ccc(C(F)(F)F)c(F)c1. The van der Waals surface area contributed by atoms with Gasteiger partial charge in [-0.05, 0) is 23.1 Å². The second kappa shape index (κ2) is 8.52. The fourth-order valence-electron chi connectivity index (χ4n) is 2.70. The first-order valence-corrected chi connectivity index (χ1v) is 8.42. The number of amides is 1. The van der Waals surface area contributed by atoms with Crippen molar-refractivity contribution < 1.29 is 35.5 Å². The van der Waals surface area contributed by atoms with Crippen LogP contribution in [0.4, 0.5) is 30.7 Å². The summed E-state index contributed by atoms with van der Waals surface area (Å²) in [6, 6.07) is 1.07. The van der Waals surface area contributed by atoms with Crippen molar-refractivity contribution in [2.24, 2.45) is 16.9 Å². The highest BCUT2D eigenvalue weighted by Gasteiger charge is 2.36. The first kappa shape index (κ1) is 25.2. The molecule has 0 aliphatic heterocycles. The molecule has 30 heavy (non-hydrogen) atoms. The third-order valence-corrected chi connectivity index (χ3v) is 3.99. The van der Waals surface area contributed by atoms with E-state index in [4.69, 9.17) is 16.9 Å². The minimum absolute atomic E-state index is 0.0119. The van der Waals surface area contributed by atoms with Crippen molar-refractivity contribution in [3.63, 3.8) is 0 Å². The molecule has 0 saturated heterocycles. The van der Waals surface area contributed by atoms with Gasteiger partial charge in [-0.1, -0.05) is 26.8 Å². The van der Waals surface area contributed by atoms with Gasteiger partial charge in [-0.3, -0.25) is 4.79 Å². The zero-order valence-electron chi connectivity index (χ0n) is 16.2. The Kier molecular flexibility index (Phi) is 7.17. The lowest BCUT2D eigenvalue weighted by atomic mass is 9.82. The molecule has 0 spiro atoms. The predicted molar refractivity (Wildman–Crippen MR) is 95.5 cm³/mol. The molecule has 1 aromatic carbocycles. The molecule has 0 saturated carbocycles. The molecule has 0 heterocycles. The van der Waals surface area contributed by atoms with E-state index in [1.165, 1.54) is 0 Å². The Morgan fingerprint density at radius 2 is 1.63 bits per heavy atom. The molecule has 1 atom stereocenters. The number of primary amides is 1. The molecule has 0 aliphatic carbocycles. The Morgan fingerprint density at radius 1 is 1.10 bits per heavy atom. The van der Waals surface area contributed by atoms with Crippen LogP contribution in [0.1, 0.15) is 44.4 Å². The molecule has 5 nitrogen and oxygen atoms in total. The van der Waals surface area contributed by atoms with Crippen molar-refractivity contribution in [3.8, 4) is 0 Å². The first-order valence-electron chi connectivity index (χ1n) is 8.42. The maximum Gasteiger partial charge on any atom is 0.419 e. The average molecular weight is 442 g/mol. The second-order valence-electron chi connectivity index (χ2n) is 7.60. The Hall–Kier alpha value is -2.79. The normalized spacial score (nSPS) is 14.7. The highest BCUT2D eigenvalue weighted by atomic mass is 19.4. The van der Waals surface area contributed by atoms with Gasteiger partial charge in [-0.2, -0.15) is 26.3 Å². The Balaban J connectivity index is 3.43. The second-order valence-corrected chi connectivity index (χ2v) is 7.60. The van der Waals surface area contributed by atoms with Crippen LogP contribution in [0.5, 0.6) is 0 Å². The highest BCUT2D eigenvalue weighted by Crippen LogP contribution is 2.37. The van der Waals surface area contributed by atoms with E-state index in [2.05, 4.69) is 5.32 Å². The summed E-state index contributed by atoms with van der Waals surface area (Å²) in [7, 11) is 0. The lowest BCUT2D eigenvalue weighted by molar-refractivity contribution is -0.140. The van der Waals surface area contributed by atoms with Gasteiger partial charge in [0.05, 0.1) is 29.3 Å². The number of hydrogen-bond acceptors (Lipinski definition) is 4. The van der Waals surface area contributed by atoms with E-state index in [1.54, 1.807) is 20.8 Å². The summed E-state index contributed by atoms with van der Waals surface area (Å²) < 4.78 is 90.1. The molecule has 0 aromatic heterocycles. The van der Waals surface area contributed by atoms with Crippen LogP contribution in [0, 0.1) is 16.6 Å². The summed E-state index contributed by atoms with van der Waals surface area (Å²) in [6.07, 6.45) is -11.5. The summed E-state index contributed by atoms with van der Waals surface area (Å²) in [4.78, 5) is 11.6. The van der Waals surface area contributed by atoms with Crippen LogP contribution >= 0.6 is 0 Å². The lowest BCUT2D eigenvalue weighted by Crippen LogP contribution is -2.38. The van der Waals surface area contributed by atoms with E-state index in [1.807, 2.05) is 0 Å². The molecule has 1 aromatic rings. The quantitative estimate of drug-likeness (QED) is 0.302. The van der Waals surface area contributed by atoms with Crippen LogP contribution in [0.3, 0.4) is 0 Å². The molecule has 6 N–H and O–H groups in total. The lowest BCUT2D eigenvalue weighted by Gasteiger charge is -2.33. The Labute approximate surface area is 167 Å². The maximum atomic E-state index is 14.0. The van der Waals surface area contributed by atoms with Crippen LogP contribution in [0.2, 0.25) is 0 Å². The summed E-state index contributed by atoms with van der Waals surface area (Å²) in [6.45, 7) is 4.79. The standard InChI is InChI=1S/C18H21F7N4O/c1-16(2,3)13(8-4-5-9(10(19)6-8)18(23,24)25)29-14(27)12(15(28)30)11(26)7-17(20,21)22/h4-6,13,26,29H,7,27H2,1-3H3,(H2,28,30)/b14-12+,26-11?. The van der Waals surface area contributed by atoms with Gasteiger partial charge < -0.3 is 22.2 Å². The van der Waals surface area contributed by atoms with Crippen molar-refractivity contribution in [3.05, 3.63) is 46.5 Å². The zero-order chi connectivity index (χ0) is 23.7. The smallest absolute Gasteiger partial charge is 0.385 e. The van der Waals surface area contributed by atoms with Crippen LogP contribution in [0.15, 0.2) is 29.6 Å². The summed E-state index contributed by atoms with van der Waals surface area (Å²) in [5, 5.41) is 10.0. The van der Waals surface area contributed by atoms with E-state index in [0.717, 1.165) is 6.07 Å². The van der Waals surface area contributed by atoms with Gasteiger partial charge in [0.1, 0.15) is 11.6 Å². The minimum atomic E-state index is -4.92. The van der Waals surface area contributed by atoms with Crippen LogP contribution in [0.25, 0.3) is 0 Å². The van der Waals surface area contributed by atoms with Crippen LogP contribution in [-0.4, -0.2) is 17.8 Å². The van der Waals surface area contributed by atoms with E-state index in [9.17, 15) is 35.5 Å². The zero-order valence-corrected chi connectivity index (χ0v) is 16.2. The Bertz CT molecular complexity index is 852. The van der Waals surface area contributed by atoms with Gasteiger partial charge in [0.15, 0.2) is 0 Å². The van der Waals surface area contributed by atoms with Gasteiger partial charge in [-0.25, -0.2) is 4.39 Å². The Morgan fingerprint density at radius 3 is 2.00 bits per heavy atom. The third-order valence-electron chi connectivity index (χ3n) is 3.99. The van der Waals surface area contributed by atoms with Crippen molar-refractivity contribution >= 4 is 11.6 Å². The monoisotopic (exact) mass is 442 g/mol. The molecule has 168 valence electrons. The van der Waals surface area contributed by atoms with Gasteiger partial charge >= 0.3 is 12.4 Å². The largest absolute Gasteiger partial charge is 0.419 e. The van der Waals surface area contributed by atoms with Crippen molar-refractivity contribution in [2.75, 3.05) is 0 Å².